The van der Waals surface area contributed by atoms with E-state index in [0.29, 0.717) is 5.88 Å². The molecule has 0 saturated heterocycles. The van der Waals surface area contributed by atoms with Crippen LogP contribution in [0.15, 0.2) is 12.1 Å². The highest BCUT2D eigenvalue weighted by molar-refractivity contribution is 6.17. The molecule has 3 nitrogen and oxygen atoms in total. The molecular formula is C13H20ClNO2. The first-order valence-electron chi connectivity index (χ1n) is 5.63. The van der Waals surface area contributed by atoms with Crippen LogP contribution in [0.25, 0.3) is 0 Å². The molecule has 0 N–H and O–H groups in total. The minimum atomic E-state index is 0.677. The van der Waals surface area contributed by atoms with Crippen molar-refractivity contribution < 1.29 is 9.47 Å². The lowest BCUT2D eigenvalue weighted by Gasteiger charge is -2.22. The Labute approximate surface area is 108 Å². The number of nitrogens with zero attached hydrogens (tertiary/aromatic N) is 1. The summed E-state index contributed by atoms with van der Waals surface area (Å²) in [4.78, 5) is 2.18. The van der Waals surface area contributed by atoms with Crippen LogP contribution in [0.3, 0.4) is 0 Å². The van der Waals surface area contributed by atoms with Gasteiger partial charge in [0.05, 0.1) is 14.2 Å². The van der Waals surface area contributed by atoms with Gasteiger partial charge in [0.25, 0.3) is 0 Å². The van der Waals surface area contributed by atoms with E-state index in [1.54, 1.807) is 14.2 Å². The Hall–Kier alpha value is -1.09. The Morgan fingerprint density at radius 3 is 2.29 bits per heavy atom. The third kappa shape index (κ3) is 3.43. The van der Waals surface area contributed by atoms with E-state index in [2.05, 4.69) is 18.9 Å². The van der Waals surface area contributed by atoms with Crippen molar-refractivity contribution in [2.24, 2.45) is 0 Å². The van der Waals surface area contributed by atoms with E-state index in [9.17, 15) is 0 Å². The average molecular weight is 258 g/mol. The van der Waals surface area contributed by atoms with Crippen LogP contribution >= 0.6 is 11.6 Å². The first-order valence-corrected chi connectivity index (χ1v) is 6.17. The number of rotatable bonds is 6. The van der Waals surface area contributed by atoms with Gasteiger partial charge in [0, 0.05) is 31.2 Å². The topological polar surface area (TPSA) is 21.7 Å². The molecule has 17 heavy (non-hydrogen) atoms. The second-order valence-electron chi connectivity index (χ2n) is 3.96. The number of hydrogen-bond donors (Lipinski definition) is 0. The molecule has 1 aromatic carbocycles. The molecule has 0 aliphatic rings. The van der Waals surface area contributed by atoms with Crippen LogP contribution in [0, 0.1) is 6.92 Å². The molecule has 0 radical (unpaired) electrons. The van der Waals surface area contributed by atoms with Gasteiger partial charge in [-0.3, -0.25) is 0 Å². The molecule has 0 saturated carbocycles. The predicted molar refractivity (Wildman–Crippen MR) is 72.9 cm³/mol. The lowest BCUT2D eigenvalue weighted by Crippen LogP contribution is -2.19. The number of halogens is 1. The van der Waals surface area contributed by atoms with Crippen LogP contribution in [0.5, 0.6) is 11.5 Å². The quantitative estimate of drug-likeness (QED) is 0.731. The fourth-order valence-electron chi connectivity index (χ4n) is 1.80. The van der Waals surface area contributed by atoms with Gasteiger partial charge in [0.15, 0.2) is 11.5 Å². The molecule has 1 aromatic rings. The summed E-state index contributed by atoms with van der Waals surface area (Å²) in [5, 5.41) is 0. The SMILES string of the molecule is COc1cc(C)c(N(C)CCCCl)cc1OC. The molecular weight excluding hydrogens is 238 g/mol. The van der Waals surface area contributed by atoms with Gasteiger partial charge in [-0.05, 0) is 25.0 Å². The maximum atomic E-state index is 5.71. The highest BCUT2D eigenvalue weighted by Gasteiger charge is 2.11. The highest BCUT2D eigenvalue weighted by atomic mass is 35.5. The Morgan fingerprint density at radius 2 is 1.76 bits per heavy atom. The fraction of sp³-hybridized carbons (Fsp3) is 0.538. The van der Waals surface area contributed by atoms with Gasteiger partial charge in [-0.1, -0.05) is 0 Å². The van der Waals surface area contributed by atoms with Crippen molar-refractivity contribution in [1.82, 2.24) is 0 Å². The molecule has 0 atom stereocenters. The molecule has 0 aromatic heterocycles. The third-order valence-corrected chi connectivity index (χ3v) is 3.01. The summed E-state index contributed by atoms with van der Waals surface area (Å²) >= 11 is 5.71. The van der Waals surface area contributed by atoms with E-state index in [-0.39, 0.29) is 0 Å². The molecule has 1 rings (SSSR count). The maximum Gasteiger partial charge on any atom is 0.162 e. The highest BCUT2D eigenvalue weighted by Crippen LogP contribution is 2.34. The minimum absolute atomic E-state index is 0.677. The van der Waals surface area contributed by atoms with E-state index < -0.39 is 0 Å². The molecule has 4 heteroatoms. The van der Waals surface area contributed by atoms with E-state index in [1.807, 2.05) is 12.1 Å². The number of ether oxygens (including phenoxy) is 2. The summed E-state index contributed by atoms with van der Waals surface area (Å²) in [5.41, 5.74) is 2.31. The van der Waals surface area contributed by atoms with Crippen molar-refractivity contribution in [3.63, 3.8) is 0 Å². The molecule has 96 valence electrons. The first-order chi connectivity index (χ1) is 8.13. The average Bonchev–Trinajstić information content (AvgIpc) is 2.35. The van der Waals surface area contributed by atoms with E-state index >= 15 is 0 Å². The number of hydrogen-bond acceptors (Lipinski definition) is 3. The molecule has 0 unspecified atom stereocenters. The van der Waals surface area contributed by atoms with Gasteiger partial charge in [-0.25, -0.2) is 0 Å². The van der Waals surface area contributed by atoms with Crippen LogP contribution in [-0.2, 0) is 0 Å². The zero-order valence-corrected chi connectivity index (χ0v) is 11.7. The number of aryl methyl sites for hydroxylation is 1. The van der Waals surface area contributed by atoms with E-state index in [1.165, 1.54) is 5.56 Å². The van der Waals surface area contributed by atoms with Crippen LogP contribution < -0.4 is 14.4 Å². The summed E-state index contributed by atoms with van der Waals surface area (Å²) < 4.78 is 10.6. The Bertz CT molecular complexity index is 369. The van der Waals surface area contributed by atoms with Crippen molar-refractivity contribution in [2.45, 2.75) is 13.3 Å². The minimum Gasteiger partial charge on any atom is -0.493 e. The van der Waals surface area contributed by atoms with Gasteiger partial charge in [0.2, 0.25) is 0 Å². The van der Waals surface area contributed by atoms with Crippen molar-refractivity contribution in [3.8, 4) is 11.5 Å². The molecule has 0 amide bonds. The largest absolute Gasteiger partial charge is 0.493 e. The van der Waals surface area contributed by atoms with Crippen LogP contribution in [-0.4, -0.2) is 33.7 Å². The lowest BCUT2D eigenvalue weighted by atomic mass is 10.1. The van der Waals surface area contributed by atoms with Gasteiger partial charge in [-0.15, -0.1) is 11.6 Å². The molecule has 0 fully saturated rings. The number of alkyl halides is 1. The van der Waals surface area contributed by atoms with Crippen molar-refractivity contribution in [2.75, 3.05) is 38.6 Å². The first kappa shape index (κ1) is 14.0. The molecule has 0 aliphatic heterocycles. The Morgan fingerprint density at radius 1 is 1.18 bits per heavy atom. The molecule has 0 spiro atoms. The standard InChI is InChI=1S/C13H20ClNO2/c1-10-8-12(16-3)13(17-4)9-11(10)15(2)7-5-6-14/h8-9H,5-7H2,1-4H3. The Balaban J connectivity index is 2.99. The Kier molecular flexibility index (Phi) is 5.42. The van der Waals surface area contributed by atoms with E-state index in [4.69, 9.17) is 21.1 Å². The van der Waals surface area contributed by atoms with Gasteiger partial charge in [0.1, 0.15) is 0 Å². The van der Waals surface area contributed by atoms with Crippen molar-refractivity contribution >= 4 is 17.3 Å². The van der Waals surface area contributed by atoms with Crippen LogP contribution in [0.2, 0.25) is 0 Å². The van der Waals surface area contributed by atoms with Crippen LogP contribution in [0.4, 0.5) is 5.69 Å². The second-order valence-corrected chi connectivity index (χ2v) is 4.34. The van der Waals surface area contributed by atoms with Gasteiger partial charge < -0.3 is 14.4 Å². The summed E-state index contributed by atoms with van der Waals surface area (Å²) in [5.74, 6) is 2.20. The number of methoxy groups -OCH3 is 2. The zero-order chi connectivity index (χ0) is 12.8. The summed E-state index contributed by atoms with van der Waals surface area (Å²) in [6.45, 7) is 2.99. The fourth-order valence-corrected chi connectivity index (χ4v) is 1.92. The number of benzene rings is 1. The molecule has 0 heterocycles. The van der Waals surface area contributed by atoms with Crippen LogP contribution in [0.1, 0.15) is 12.0 Å². The van der Waals surface area contributed by atoms with Gasteiger partial charge in [-0.2, -0.15) is 0 Å². The normalized spacial score (nSPS) is 10.2. The lowest BCUT2D eigenvalue weighted by molar-refractivity contribution is 0.354. The smallest absolute Gasteiger partial charge is 0.162 e. The molecule has 0 aliphatic carbocycles. The van der Waals surface area contributed by atoms with Crippen molar-refractivity contribution in [1.29, 1.82) is 0 Å². The zero-order valence-electron chi connectivity index (χ0n) is 10.9. The monoisotopic (exact) mass is 257 g/mol. The maximum absolute atomic E-state index is 5.71. The van der Waals surface area contributed by atoms with E-state index in [0.717, 1.165) is 30.2 Å². The van der Waals surface area contributed by atoms with Gasteiger partial charge >= 0.3 is 0 Å². The summed E-state index contributed by atoms with van der Waals surface area (Å²) in [6.07, 6.45) is 0.964. The summed E-state index contributed by atoms with van der Waals surface area (Å²) in [6, 6.07) is 3.99. The summed E-state index contributed by atoms with van der Waals surface area (Å²) in [7, 11) is 5.35. The number of anilines is 1. The molecule has 0 bridgehead atoms. The van der Waals surface area contributed by atoms with Crippen molar-refractivity contribution in [3.05, 3.63) is 17.7 Å². The third-order valence-electron chi connectivity index (χ3n) is 2.74. The predicted octanol–water partition coefficient (Wildman–Crippen LogP) is 3.08. The second kappa shape index (κ2) is 6.60.